The SMILES string of the molecule is CC(C(=O)O)c1cccc2ccc(Br)cc12. The molecule has 1 atom stereocenters. The van der Waals surface area contributed by atoms with E-state index < -0.39 is 11.9 Å². The summed E-state index contributed by atoms with van der Waals surface area (Å²) < 4.78 is 0.963. The average Bonchev–Trinajstić information content (AvgIpc) is 2.27. The maximum absolute atomic E-state index is 11.0. The summed E-state index contributed by atoms with van der Waals surface area (Å²) in [7, 11) is 0. The minimum absolute atomic E-state index is 0.488. The normalized spacial score (nSPS) is 12.6. The van der Waals surface area contributed by atoms with E-state index >= 15 is 0 Å². The molecule has 0 aliphatic heterocycles. The topological polar surface area (TPSA) is 37.3 Å². The van der Waals surface area contributed by atoms with E-state index in [1.54, 1.807) is 6.92 Å². The number of rotatable bonds is 2. The van der Waals surface area contributed by atoms with Crippen LogP contribution in [0.3, 0.4) is 0 Å². The average molecular weight is 279 g/mol. The summed E-state index contributed by atoms with van der Waals surface area (Å²) in [6.07, 6.45) is 0. The molecule has 0 bridgehead atoms. The molecule has 2 nitrogen and oxygen atoms in total. The first-order valence-electron chi connectivity index (χ1n) is 5.00. The molecule has 0 radical (unpaired) electrons. The van der Waals surface area contributed by atoms with Gasteiger partial charge in [-0.1, -0.05) is 40.2 Å². The number of halogens is 1. The number of carbonyl (C=O) groups is 1. The van der Waals surface area contributed by atoms with Crippen molar-refractivity contribution in [3.8, 4) is 0 Å². The number of fused-ring (bicyclic) bond motifs is 1. The molecule has 2 aromatic rings. The fourth-order valence-electron chi connectivity index (χ4n) is 1.78. The first kappa shape index (κ1) is 11.1. The summed E-state index contributed by atoms with van der Waals surface area (Å²) in [5.41, 5.74) is 0.853. The van der Waals surface area contributed by atoms with Gasteiger partial charge in [0.15, 0.2) is 0 Å². The third-order valence-electron chi connectivity index (χ3n) is 2.71. The lowest BCUT2D eigenvalue weighted by Crippen LogP contribution is -2.07. The molecule has 0 amide bonds. The summed E-state index contributed by atoms with van der Waals surface area (Å²) in [5, 5.41) is 11.1. The zero-order valence-corrected chi connectivity index (χ0v) is 10.4. The molecular weight excluding hydrogens is 268 g/mol. The molecule has 82 valence electrons. The van der Waals surface area contributed by atoms with Crippen molar-refractivity contribution < 1.29 is 9.90 Å². The van der Waals surface area contributed by atoms with E-state index in [4.69, 9.17) is 5.11 Å². The van der Waals surface area contributed by atoms with E-state index in [2.05, 4.69) is 15.9 Å². The number of benzene rings is 2. The monoisotopic (exact) mass is 278 g/mol. The van der Waals surface area contributed by atoms with E-state index in [0.29, 0.717) is 0 Å². The van der Waals surface area contributed by atoms with Crippen LogP contribution in [0.5, 0.6) is 0 Å². The Morgan fingerprint density at radius 1 is 1.31 bits per heavy atom. The van der Waals surface area contributed by atoms with Gasteiger partial charge in [-0.3, -0.25) is 4.79 Å². The zero-order valence-electron chi connectivity index (χ0n) is 8.77. The Kier molecular flexibility index (Phi) is 2.97. The van der Waals surface area contributed by atoms with Crippen LogP contribution in [-0.2, 0) is 4.79 Å². The van der Waals surface area contributed by atoms with Crippen LogP contribution in [-0.4, -0.2) is 11.1 Å². The number of carboxylic acids is 1. The lowest BCUT2D eigenvalue weighted by molar-refractivity contribution is -0.138. The molecule has 0 heterocycles. The zero-order chi connectivity index (χ0) is 11.7. The Morgan fingerprint density at radius 2 is 2.06 bits per heavy atom. The molecule has 0 saturated heterocycles. The third kappa shape index (κ3) is 1.95. The Labute approximate surface area is 102 Å². The van der Waals surface area contributed by atoms with Gasteiger partial charge in [-0.2, -0.15) is 0 Å². The molecule has 3 heteroatoms. The summed E-state index contributed by atoms with van der Waals surface area (Å²) in [6.45, 7) is 1.71. The smallest absolute Gasteiger partial charge is 0.310 e. The fourth-order valence-corrected chi connectivity index (χ4v) is 2.14. The number of hydrogen-bond donors (Lipinski definition) is 1. The molecule has 0 spiro atoms. The maximum atomic E-state index is 11.0. The first-order chi connectivity index (χ1) is 7.59. The second-order valence-corrected chi connectivity index (χ2v) is 4.69. The third-order valence-corrected chi connectivity index (χ3v) is 3.21. The van der Waals surface area contributed by atoms with Gasteiger partial charge >= 0.3 is 5.97 Å². The molecule has 2 rings (SSSR count). The summed E-state index contributed by atoms with van der Waals surface area (Å²) >= 11 is 3.41. The Bertz CT molecular complexity index is 549. The van der Waals surface area contributed by atoms with E-state index in [1.165, 1.54) is 0 Å². The summed E-state index contributed by atoms with van der Waals surface area (Å²) in [4.78, 5) is 11.0. The fraction of sp³-hybridized carbons (Fsp3) is 0.154. The first-order valence-corrected chi connectivity index (χ1v) is 5.80. The van der Waals surface area contributed by atoms with Gasteiger partial charge in [0.1, 0.15) is 0 Å². The largest absolute Gasteiger partial charge is 0.481 e. The predicted molar refractivity (Wildman–Crippen MR) is 67.7 cm³/mol. The highest BCUT2D eigenvalue weighted by Crippen LogP contribution is 2.28. The van der Waals surface area contributed by atoms with Crippen LogP contribution in [0, 0.1) is 0 Å². The Morgan fingerprint density at radius 3 is 2.75 bits per heavy atom. The van der Waals surface area contributed by atoms with Crippen LogP contribution < -0.4 is 0 Å². The second kappa shape index (κ2) is 4.26. The minimum atomic E-state index is -0.799. The molecule has 0 saturated carbocycles. The van der Waals surface area contributed by atoms with E-state index in [1.807, 2.05) is 36.4 Å². The van der Waals surface area contributed by atoms with Crippen molar-refractivity contribution in [1.29, 1.82) is 0 Å². The Balaban J connectivity index is 2.69. The van der Waals surface area contributed by atoms with Crippen molar-refractivity contribution in [2.45, 2.75) is 12.8 Å². The molecule has 16 heavy (non-hydrogen) atoms. The standard InChI is InChI=1S/C13H11BrO2/c1-8(13(15)16)11-4-2-3-9-5-6-10(14)7-12(9)11/h2-8H,1H3,(H,15,16). The molecule has 0 aliphatic rings. The highest BCUT2D eigenvalue weighted by atomic mass is 79.9. The van der Waals surface area contributed by atoms with Crippen LogP contribution in [0.1, 0.15) is 18.4 Å². The number of carboxylic acid groups (broad SMARTS) is 1. The molecule has 0 aromatic heterocycles. The van der Waals surface area contributed by atoms with Gasteiger partial charge in [0.25, 0.3) is 0 Å². The summed E-state index contributed by atoms with van der Waals surface area (Å²) in [5.74, 6) is -1.29. The van der Waals surface area contributed by atoms with Crippen molar-refractivity contribution in [2.75, 3.05) is 0 Å². The van der Waals surface area contributed by atoms with Crippen molar-refractivity contribution >= 4 is 32.7 Å². The van der Waals surface area contributed by atoms with E-state index in [0.717, 1.165) is 20.8 Å². The van der Waals surface area contributed by atoms with Crippen molar-refractivity contribution in [2.24, 2.45) is 0 Å². The van der Waals surface area contributed by atoms with Gasteiger partial charge in [-0.05, 0) is 35.4 Å². The lowest BCUT2D eigenvalue weighted by atomic mass is 9.95. The van der Waals surface area contributed by atoms with Gasteiger partial charge in [0.2, 0.25) is 0 Å². The van der Waals surface area contributed by atoms with E-state index in [9.17, 15) is 4.79 Å². The van der Waals surface area contributed by atoms with Gasteiger partial charge in [0.05, 0.1) is 5.92 Å². The molecule has 1 N–H and O–H groups in total. The lowest BCUT2D eigenvalue weighted by Gasteiger charge is -2.10. The molecule has 0 fully saturated rings. The van der Waals surface area contributed by atoms with Crippen LogP contribution in [0.2, 0.25) is 0 Å². The summed E-state index contributed by atoms with van der Waals surface area (Å²) in [6, 6.07) is 11.7. The van der Waals surface area contributed by atoms with Crippen LogP contribution in [0.15, 0.2) is 40.9 Å². The van der Waals surface area contributed by atoms with Gasteiger partial charge in [0, 0.05) is 4.47 Å². The molecule has 1 unspecified atom stereocenters. The molecule has 2 aromatic carbocycles. The van der Waals surface area contributed by atoms with Crippen molar-refractivity contribution in [3.63, 3.8) is 0 Å². The maximum Gasteiger partial charge on any atom is 0.310 e. The Hall–Kier alpha value is -1.35. The number of aliphatic carboxylic acids is 1. The quantitative estimate of drug-likeness (QED) is 0.908. The van der Waals surface area contributed by atoms with Gasteiger partial charge in [-0.15, -0.1) is 0 Å². The van der Waals surface area contributed by atoms with Crippen molar-refractivity contribution in [1.82, 2.24) is 0 Å². The van der Waals surface area contributed by atoms with E-state index in [-0.39, 0.29) is 0 Å². The molecular formula is C13H11BrO2. The predicted octanol–water partition coefficient (Wildman–Crippen LogP) is 3.79. The van der Waals surface area contributed by atoms with Crippen LogP contribution in [0.4, 0.5) is 0 Å². The minimum Gasteiger partial charge on any atom is -0.481 e. The number of hydrogen-bond acceptors (Lipinski definition) is 1. The van der Waals surface area contributed by atoms with Crippen LogP contribution >= 0.6 is 15.9 Å². The van der Waals surface area contributed by atoms with Gasteiger partial charge < -0.3 is 5.11 Å². The highest BCUT2D eigenvalue weighted by Gasteiger charge is 2.15. The van der Waals surface area contributed by atoms with Crippen LogP contribution in [0.25, 0.3) is 10.8 Å². The molecule has 0 aliphatic carbocycles. The van der Waals surface area contributed by atoms with Gasteiger partial charge in [-0.25, -0.2) is 0 Å². The highest BCUT2D eigenvalue weighted by molar-refractivity contribution is 9.10. The second-order valence-electron chi connectivity index (χ2n) is 3.77. The van der Waals surface area contributed by atoms with Crippen molar-refractivity contribution in [3.05, 3.63) is 46.4 Å².